The first-order chi connectivity index (χ1) is 12.0. The second kappa shape index (κ2) is 7.44. The summed E-state index contributed by atoms with van der Waals surface area (Å²) < 4.78 is 0. The van der Waals surface area contributed by atoms with Crippen molar-refractivity contribution < 1.29 is 0 Å². The van der Waals surface area contributed by atoms with Gasteiger partial charge in [0, 0.05) is 5.92 Å². The van der Waals surface area contributed by atoms with Crippen molar-refractivity contribution in [3.63, 3.8) is 0 Å². The number of aryl methyl sites for hydroxylation is 4. The number of benzene rings is 2. The van der Waals surface area contributed by atoms with Crippen LogP contribution in [-0.2, 0) is 0 Å². The fourth-order valence-electron chi connectivity index (χ4n) is 4.33. The minimum atomic E-state index is 0.369. The Labute approximate surface area is 153 Å². The Hall–Kier alpha value is -2.08. The molecule has 0 saturated heterocycles. The molecule has 0 radical (unpaired) electrons. The SMILES string of the molecule is CCCC1=C(C(c2cc(C)cc(C)c2)c2cc(C)cc(C)c2)CC=C1. The highest BCUT2D eigenvalue weighted by Crippen LogP contribution is 2.40. The Balaban J connectivity index is 2.19. The standard InChI is InChI=1S/C25H30/c1-6-8-21-9-7-10-24(21)25(22-13-17(2)11-18(3)14-22)23-15-19(4)12-20(5)16-23/h7,9,11-16,25H,6,8,10H2,1-5H3. The lowest BCUT2D eigenvalue weighted by atomic mass is 9.80. The summed E-state index contributed by atoms with van der Waals surface area (Å²) in [5, 5.41) is 0. The summed E-state index contributed by atoms with van der Waals surface area (Å²) in [6.07, 6.45) is 8.17. The first-order valence-corrected chi connectivity index (χ1v) is 9.52. The van der Waals surface area contributed by atoms with Gasteiger partial charge in [-0.25, -0.2) is 0 Å². The number of hydrogen-bond acceptors (Lipinski definition) is 0. The summed E-state index contributed by atoms with van der Waals surface area (Å²) in [6, 6.07) is 14.1. The van der Waals surface area contributed by atoms with Crippen LogP contribution in [-0.4, -0.2) is 0 Å². The fraction of sp³-hybridized carbons (Fsp3) is 0.360. The van der Waals surface area contributed by atoms with Gasteiger partial charge in [0.05, 0.1) is 0 Å². The van der Waals surface area contributed by atoms with Crippen molar-refractivity contribution in [2.75, 3.05) is 0 Å². The van der Waals surface area contributed by atoms with Crippen LogP contribution in [0.15, 0.2) is 59.7 Å². The van der Waals surface area contributed by atoms with E-state index in [1.807, 2.05) is 0 Å². The van der Waals surface area contributed by atoms with E-state index in [1.54, 1.807) is 11.1 Å². The lowest BCUT2D eigenvalue weighted by Crippen LogP contribution is -2.07. The van der Waals surface area contributed by atoms with Gasteiger partial charge in [0.1, 0.15) is 0 Å². The van der Waals surface area contributed by atoms with E-state index in [2.05, 4.69) is 83.2 Å². The molecule has 0 fully saturated rings. The Kier molecular flexibility index (Phi) is 5.27. The van der Waals surface area contributed by atoms with Gasteiger partial charge in [0.2, 0.25) is 0 Å². The van der Waals surface area contributed by atoms with Gasteiger partial charge in [-0.1, -0.05) is 89.7 Å². The molecule has 2 aromatic carbocycles. The van der Waals surface area contributed by atoms with E-state index in [1.165, 1.54) is 46.2 Å². The van der Waals surface area contributed by atoms with Crippen LogP contribution in [0.25, 0.3) is 0 Å². The summed E-state index contributed by atoms with van der Waals surface area (Å²) in [6.45, 7) is 11.1. The van der Waals surface area contributed by atoms with Gasteiger partial charge in [-0.3, -0.25) is 0 Å². The van der Waals surface area contributed by atoms with E-state index in [4.69, 9.17) is 0 Å². The van der Waals surface area contributed by atoms with Crippen molar-refractivity contribution in [2.45, 2.75) is 59.8 Å². The second-order valence-corrected chi connectivity index (χ2v) is 7.68. The van der Waals surface area contributed by atoms with Crippen molar-refractivity contribution in [3.05, 3.63) is 93.1 Å². The van der Waals surface area contributed by atoms with Gasteiger partial charge in [-0.15, -0.1) is 0 Å². The van der Waals surface area contributed by atoms with E-state index < -0.39 is 0 Å². The molecule has 1 aliphatic rings. The Morgan fingerprint density at radius 1 is 0.760 bits per heavy atom. The quantitative estimate of drug-likeness (QED) is 0.548. The molecule has 0 aliphatic heterocycles. The van der Waals surface area contributed by atoms with Crippen molar-refractivity contribution in [3.8, 4) is 0 Å². The van der Waals surface area contributed by atoms with Crippen LogP contribution in [0.5, 0.6) is 0 Å². The van der Waals surface area contributed by atoms with E-state index in [0.29, 0.717) is 5.92 Å². The van der Waals surface area contributed by atoms with Crippen molar-refractivity contribution >= 4 is 0 Å². The normalized spacial score (nSPS) is 14.0. The topological polar surface area (TPSA) is 0 Å². The summed E-state index contributed by atoms with van der Waals surface area (Å²) in [5.41, 5.74) is 11.4. The third kappa shape index (κ3) is 3.95. The molecule has 2 aromatic rings. The predicted octanol–water partition coefficient (Wildman–Crippen LogP) is 7.11. The molecule has 0 heterocycles. The molecule has 1 aliphatic carbocycles. The zero-order chi connectivity index (χ0) is 18.0. The van der Waals surface area contributed by atoms with Gasteiger partial charge in [-0.2, -0.15) is 0 Å². The van der Waals surface area contributed by atoms with Gasteiger partial charge in [0.25, 0.3) is 0 Å². The fourth-order valence-corrected chi connectivity index (χ4v) is 4.33. The predicted molar refractivity (Wildman–Crippen MR) is 109 cm³/mol. The Morgan fingerprint density at radius 2 is 1.24 bits per heavy atom. The second-order valence-electron chi connectivity index (χ2n) is 7.68. The lowest BCUT2D eigenvalue weighted by molar-refractivity contribution is 0.855. The van der Waals surface area contributed by atoms with E-state index in [-0.39, 0.29) is 0 Å². The molecule has 0 bridgehead atoms. The maximum absolute atomic E-state index is 2.38. The molecule has 0 amide bonds. The molecule has 130 valence electrons. The van der Waals surface area contributed by atoms with E-state index in [9.17, 15) is 0 Å². The number of rotatable bonds is 5. The summed E-state index contributed by atoms with van der Waals surface area (Å²) in [5.74, 6) is 0.369. The van der Waals surface area contributed by atoms with Gasteiger partial charge in [0.15, 0.2) is 0 Å². The number of hydrogen-bond donors (Lipinski definition) is 0. The van der Waals surface area contributed by atoms with Crippen LogP contribution in [0.3, 0.4) is 0 Å². The average molecular weight is 331 g/mol. The molecule has 0 nitrogen and oxygen atoms in total. The monoisotopic (exact) mass is 330 g/mol. The van der Waals surface area contributed by atoms with Crippen molar-refractivity contribution in [1.82, 2.24) is 0 Å². The summed E-state index contributed by atoms with van der Waals surface area (Å²) in [7, 11) is 0. The highest BCUT2D eigenvalue weighted by atomic mass is 14.3. The smallest absolute Gasteiger partial charge is 0.0308 e. The average Bonchev–Trinajstić information content (AvgIpc) is 2.94. The van der Waals surface area contributed by atoms with Crippen LogP contribution in [0.1, 0.15) is 65.5 Å². The molecular weight excluding hydrogens is 300 g/mol. The molecule has 0 spiro atoms. The first kappa shape index (κ1) is 17.7. The molecule has 0 heteroatoms. The molecule has 0 aromatic heterocycles. The van der Waals surface area contributed by atoms with Gasteiger partial charge in [-0.05, 0) is 57.2 Å². The maximum Gasteiger partial charge on any atom is 0.0308 e. The maximum atomic E-state index is 2.38. The van der Waals surface area contributed by atoms with Crippen molar-refractivity contribution in [2.24, 2.45) is 0 Å². The third-order valence-electron chi connectivity index (χ3n) is 5.09. The van der Waals surface area contributed by atoms with Gasteiger partial charge < -0.3 is 0 Å². The van der Waals surface area contributed by atoms with Crippen LogP contribution >= 0.6 is 0 Å². The molecule has 3 rings (SSSR count). The minimum Gasteiger partial charge on any atom is -0.0801 e. The first-order valence-electron chi connectivity index (χ1n) is 9.52. The largest absolute Gasteiger partial charge is 0.0801 e. The highest BCUT2D eigenvalue weighted by molar-refractivity contribution is 5.51. The highest BCUT2D eigenvalue weighted by Gasteiger charge is 2.23. The number of allylic oxidation sites excluding steroid dienone is 4. The zero-order valence-corrected chi connectivity index (χ0v) is 16.3. The Bertz CT molecular complexity index is 741. The molecule has 25 heavy (non-hydrogen) atoms. The van der Waals surface area contributed by atoms with Crippen LogP contribution in [0.2, 0.25) is 0 Å². The van der Waals surface area contributed by atoms with Crippen LogP contribution in [0.4, 0.5) is 0 Å². The van der Waals surface area contributed by atoms with Crippen molar-refractivity contribution in [1.29, 1.82) is 0 Å². The Morgan fingerprint density at radius 3 is 1.68 bits per heavy atom. The van der Waals surface area contributed by atoms with Crippen LogP contribution < -0.4 is 0 Å². The molecular formula is C25H30. The van der Waals surface area contributed by atoms with E-state index in [0.717, 1.165) is 6.42 Å². The van der Waals surface area contributed by atoms with Gasteiger partial charge >= 0.3 is 0 Å². The molecule has 0 saturated carbocycles. The zero-order valence-electron chi connectivity index (χ0n) is 16.3. The lowest BCUT2D eigenvalue weighted by Gasteiger charge is -2.24. The molecule has 0 N–H and O–H groups in total. The molecule has 0 unspecified atom stereocenters. The summed E-state index contributed by atoms with van der Waals surface area (Å²) >= 11 is 0. The third-order valence-corrected chi connectivity index (χ3v) is 5.09. The molecule has 0 atom stereocenters. The minimum absolute atomic E-state index is 0.369. The summed E-state index contributed by atoms with van der Waals surface area (Å²) in [4.78, 5) is 0. The van der Waals surface area contributed by atoms with E-state index >= 15 is 0 Å². The van der Waals surface area contributed by atoms with Crippen LogP contribution in [0, 0.1) is 27.7 Å².